The van der Waals surface area contributed by atoms with Crippen LogP contribution in [0, 0.1) is 12.8 Å². The highest BCUT2D eigenvalue weighted by atomic mass is 16.5. The van der Waals surface area contributed by atoms with E-state index in [1.807, 2.05) is 31.2 Å². The summed E-state index contributed by atoms with van der Waals surface area (Å²) in [4.78, 5) is 19.0. The van der Waals surface area contributed by atoms with Gasteiger partial charge in [0.15, 0.2) is 5.82 Å². The second-order valence-electron chi connectivity index (χ2n) is 6.55. The molecule has 0 spiro atoms. The van der Waals surface area contributed by atoms with Crippen molar-refractivity contribution in [1.82, 2.24) is 25.4 Å². The van der Waals surface area contributed by atoms with E-state index >= 15 is 0 Å². The first kappa shape index (κ1) is 17.6. The number of rotatable bonds is 6. The summed E-state index contributed by atoms with van der Waals surface area (Å²) >= 11 is 0. The molecule has 0 radical (unpaired) electrons. The van der Waals surface area contributed by atoms with Crippen LogP contribution < -0.4 is 5.32 Å². The average molecular weight is 343 g/mol. The zero-order chi connectivity index (χ0) is 17.6. The number of aryl methyl sites for hydroxylation is 1. The summed E-state index contributed by atoms with van der Waals surface area (Å²) < 4.78 is 5.36. The number of benzene rings is 1. The summed E-state index contributed by atoms with van der Waals surface area (Å²) in [5.74, 6) is 1.76. The van der Waals surface area contributed by atoms with E-state index in [1.165, 1.54) is 0 Å². The lowest BCUT2D eigenvalue weighted by Gasteiger charge is -2.29. The first-order valence-corrected chi connectivity index (χ1v) is 8.69. The maximum absolute atomic E-state index is 12.3. The molecule has 1 aliphatic rings. The molecule has 1 aliphatic heterocycles. The maximum atomic E-state index is 12.3. The molecule has 25 heavy (non-hydrogen) atoms. The third-order valence-electron chi connectivity index (χ3n) is 4.29. The number of nitrogens with one attached hydrogen (secondary N) is 2. The smallest absolute Gasteiger partial charge is 0.251 e. The molecule has 0 bridgehead atoms. The van der Waals surface area contributed by atoms with Gasteiger partial charge in [-0.1, -0.05) is 19.1 Å². The number of hydrogen-bond acceptors (Lipinski definition) is 5. The molecule has 2 heterocycles. The predicted octanol–water partition coefficient (Wildman–Crippen LogP) is 1.48. The number of carbonyl (C=O) groups is 1. The summed E-state index contributed by atoms with van der Waals surface area (Å²) in [6, 6.07) is 7.36. The fraction of sp³-hybridized carbons (Fsp3) is 0.500. The van der Waals surface area contributed by atoms with Crippen molar-refractivity contribution < 1.29 is 9.53 Å². The van der Waals surface area contributed by atoms with Gasteiger partial charge in [-0.25, -0.2) is 4.98 Å². The molecule has 1 atom stereocenters. The summed E-state index contributed by atoms with van der Waals surface area (Å²) in [6.45, 7) is 9.21. The Morgan fingerprint density at radius 1 is 1.32 bits per heavy atom. The fourth-order valence-corrected chi connectivity index (χ4v) is 2.90. The number of amides is 1. The minimum absolute atomic E-state index is 0.0495. The van der Waals surface area contributed by atoms with Gasteiger partial charge in [0.05, 0.1) is 13.2 Å². The highest BCUT2D eigenvalue weighted by Gasteiger charge is 2.15. The molecule has 2 aromatic rings. The van der Waals surface area contributed by atoms with Crippen LogP contribution in [0.5, 0.6) is 0 Å². The first-order valence-electron chi connectivity index (χ1n) is 8.69. The van der Waals surface area contributed by atoms with E-state index in [4.69, 9.17) is 4.74 Å². The van der Waals surface area contributed by atoms with Gasteiger partial charge in [0.1, 0.15) is 5.82 Å². The van der Waals surface area contributed by atoms with Crippen LogP contribution in [-0.2, 0) is 4.74 Å². The van der Waals surface area contributed by atoms with Crippen LogP contribution >= 0.6 is 0 Å². The summed E-state index contributed by atoms with van der Waals surface area (Å²) in [6.07, 6.45) is 0. The summed E-state index contributed by atoms with van der Waals surface area (Å²) in [5.41, 5.74) is 1.54. The van der Waals surface area contributed by atoms with E-state index in [0.29, 0.717) is 23.9 Å². The van der Waals surface area contributed by atoms with Crippen LogP contribution in [0.1, 0.15) is 23.1 Å². The first-order chi connectivity index (χ1) is 12.1. The van der Waals surface area contributed by atoms with E-state index in [1.54, 1.807) is 0 Å². The number of hydrogen-bond donors (Lipinski definition) is 2. The molecule has 1 saturated heterocycles. The zero-order valence-corrected chi connectivity index (χ0v) is 14.8. The van der Waals surface area contributed by atoms with Crippen LogP contribution in [0.25, 0.3) is 11.4 Å². The van der Waals surface area contributed by atoms with E-state index in [-0.39, 0.29) is 5.91 Å². The van der Waals surface area contributed by atoms with Crippen LogP contribution in [0.3, 0.4) is 0 Å². The van der Waals surface area contributed by atoms with Crippen molar-refractivity contribution in [3.63, 3.8) is 0 Å². The van der Waals surface area contributed by atoms with Gasteiger partial charge in [0.25, 0.3) is 5.91 Å². The van der Waals surface area contributed by atoms with Gasteiger partial charge in [-0.05, 0) is 25.0 Å². The Labute approximate surface area is 147 Å². The number of aromatic nitrogens is 3. The Bertz CT molecular complexity index is 692. The monoisotopic (exact) mass is 343 g/mol. The number of carbonyl (C=O) groups excluding carboxylic acids is 1. The van der Waals surface area contributed by atoms with E-state index < -0.39 is 0 Å². The number of aromatic amines is 1. The van der Waals surface area contributed by atoms with Gasteiger partial charge < -0.3 is 10.1 Å². The molecular weight excluding hydrogens is 318 g/mol. The van der Waals surface area contributed by atoms with Gasteiger partial charge in [0.2, 0.25) is 0 Å². The molecule has 2 N–H and O–H groups in total. The standard InChI is InChI=1S/C18H25N5O2/c1-13(12-23-7-9-25-10-8-23)11-19-18(24)16-5-3-15(4-6-16)17-20-14(2)21-22-17/h3-6,13H,7-12H2,1-2H3,(H,19,24)(H,20,21,22)/t13-/m0/s1. The predicted molar refractivity (Wildman–Crippen MR) is 95.3 cm³/mol. The Kier molecular flexibility index (Phi) is 5.78. The minimum Gasteiger partial charge on any atom is -0.379 e. The maximum Gasteiger partial charge on any atom is 0.251 e. The van der Waals surface area contributed by atoms with Gasteiger partial charge in [-0.3, -0.25) is 14.8 Å². The Morgan fingerprint density at radius 2 is 2.04 bits per heavy atom. The van der Waals surface area contributed by atoms with Crippen molar-refractivity contribution in [2.45, 2.75) is 13.8 Å². The lowest BCUT2D eigenvalue weighted by Crippen LogP contribution is -2.41. The molecule has 7 heteroatoms. The van der Waals surface area contributed by atoms with Crippen molar-refractivity contribution in [2.24, 2.45) is 5.92 Å². The minimum atomic E-state index is -0.0495. The third-order valence-corrected chi connectivity index (χ3v) is 4.29. The van der Waals surface area contributed by atoms with Crippen LogP contribution in [0.4, 0.5) is 0 Å². The second kappa shape index (κ2) is 8.22. The molecule has 1 aromatic heterocycles. The van der Waals surface area contributed by atoms with Crippen molar-refractivity contribution in [1.29, 1.82) is 0 Å². The van der Waals surface area contributed by atoms with Gasteiger partial charge in [0, 0.05) is 37.3 Å². The van der Waals surface area contributed by atoms with Crippen molar-refractivity contribution in [2.75, 3.05) is 39.4 Å². The Morgan fingerprint density at radius 3 is 2.68 bits per heavy atom. The quantitative estimate of drug-likeness (QED) is 0.830. The molecule has 3 rings (SSSR count). The highest BCUT2D eigenvalue weighted by Crippen LogP contribution is 2.15. The summed E-state index contributed by atoms with van der Waals surface area (Å²) in [7, 11) is 0. The lowest BCUT2D eigenvalue weighted by molar-refractivity contribution is 0.0317. The number of nitrogens with zero attached hydrogens (tertiary/aromatic N) is 3. The topological polar surface area (TPSA) is 83.1 Å². The molecule has 1 amide bonds. The Balaban J connectivity index is 1.49. The molecule has 7 nitrogen and oxygen atoms in total. The molecule has 0 aliphatic carbocycles. The highest BCUT2D eigenvalue weighted by molar-refractivity contribution is 5.94. The van der Waals surface area contributed by atoms with Gasteiger partial charge >= 0.3 is 0 Å². The van der Waals surface area contributed by atoms with Crippen molar-refractivity contribution in [3.05, 3.63) is 35.7 Å². The molecular formula is C18H25N5O2. The Hall–Kier alpha value is -2.25. The molecule has 1 fully saturated rings. The van der Waals surface area contributed by atoms with Crippen LogP contribution in [0.15, 0.2) is 24.3 Å². The van der Waals surface area contributed by atoms with E-state index in [2.05, 4.69) is 32.3 Å². The molecule has 134 valence electrons. The van der Waals surface area contributed by atoms with Crippen molar-refractivity contribution >= 4 is 5.91 Å². The number of ether oxygens (including phenoxy) is 1. The average Bonchev–Trinajstić information content (AvgIpc) is 3.07. The van der Waals surface area contributed by atoms with Crippen LogP contribution in [0.2, 0.25) is 0 Å². The second-order valence-corrected chi connectivity index (χ2v) is 6.55. The summed E-state index contributed by atoms with van der Waals surface area (Å²) in [5, 5.41) is 9.96. The number of H-pyrrole nitrogens is 1. The fourth-order valence-electron chi connectivity index (χ4n) is 2.90. The largest absolute Gasteiger partial charge is 0.379 e. The van der Waals surface area contributed by atoms with Gasteiger partial charge in [-0.2, -0.15) is 5.10 Å². The van der Waals surface area contributed by atoms with E-state index in [0.717, 1.165) is 44.2 Å². The third kappa shape index (κ3) is 4.87. The van der Waals surface area contributed by atoms with Crippen molar-refractivity contribution in [3.8, 4) is 11.4 Å². The zero-order valence-electron chi connectivity index (χ0n) is 14.8. The van der Waals surface area contributed by atoms with Gasteiger partial charge in [-0.15, -0.1) is 0 Å². The number of morpholine rings is 1. The normalized spacial score (nSPS) is 16.6. The molecule has 0 unspecified atom stereocenters. The molecule has 0 saturated carbocycles. The SMILES string of the molecule is Cc1nc(-c2ccc(C(=O)NC[C@H](C)CN3CCOCC3)cc2)n[nH]1. The molecule has 1 aromatic carbocycles. The van der Waals surface area contributed by atoms with E-state index in [9.17, 15) is 4.79 Å². The van der Waals surface area contributed by atoms with Crippen LogP contribution in [-0.4, -0.2) is 65.4 Å². The lowest BCUT2D eigenvalue weighted by atomic mass is 10.1.